The van der Waals surface area contributed by atoms with E-state index in [-0.39, 0.29) is 28.3 Å². The quantitative estimate of drug-likeness (QED) is 0.470. The van der Waals surface area contributed by atoms with Crippen LogP contribution < -0.4 is 19.8 Å². The van der Waals surface area contributed by atoms with E-state index < -0.39 is 11.9 Å². The van der Waals surface area contributed by atoms with Crippen molar-refractivity contribution in [1.29, 1.82) is 0 Å². The third kappa shape index (κ3) is 3.20. The number of rotatable bonds is 4. The standard InChI is InChI=1S/C27H23NO6/c1-14-10-19-21(11-15(14)2)34-26-23(25(19)30)24(16-8-9-20(29)22(12-16)33-4)28(27(26)31)17-6-5-7-18(13-17)32-3/h5-13,24,29H,1-4H3. The molecule has 0 saturated heterocycles. The molecular weight excluding hydrogens is 434 g/mol. The van der Waals surface area contributed by atoms with Crippen LogP contribution in [0.1, 0.15) is 38.9 Å². The molecule has 7 nitrogen and oxygen atoms in total. The maximum atomic E-state index is 13.8. The van der Waals surface area contributed by atoms with E-state index in [1.165, 1.54) is 18.1 Å². The fourth-order valence-corrected chi connectivity index (χ4v) is 4.43. The van der Waals surface area contributed by atoms with Crippen molar-refractivity contribution < 1.29 is 23.8 Å². The normalized spacial score (nSPS) is 15.0. The van der Waals surface area contributed by atoms with Crippen molar-refractivity contribution in [2.45, 2.75) is 19.9 Å². The van der Waals surface area contributed by atoms with Crippen molar-refractivity contribution >= 4 is 22.6 Å². The van der Waals surface area contributed by atoms with E-state index in [1.807, 2.05) is 13.8 Å². The molecule has 34 heavy (non-hydrogen) atoms. The van der Waals surface area contributed by atoms with Gasteiger partial charge in [-0.1, -0.05) is 12.1 Å². The molecule has 1 N–H and O–H groups in total. The molecule has 0 aliphatic carbocycles. The second-order valence-corrected chi connectivity index (χ2v) is 8.32. The van der Waals surface area contributed by atoms with Gasteiger partial charge < -0.3 is 19.0 Å². The van der Waals surface area contributed by atoms with Crippen molar-refractivity contribution in [2.24, 2.45) is 0 Å². The van der Waals surface area contributed by atoms with Gasteiger partial charge in [-0.2, -0.15) is 0 Å². The fraction of sp³-hybridized carbons (Fsp3) is 0.185. The Bertz CT molecular complexity index is 1520. The van der Waals surface area contributed by atoms with Crippen molar-refractivity contribution in [1.82, 2.24) is 0 Å². The number of aryl methyl sites for hydroxylation is 2. The minimum absolute atomic E-state index is 0.000569. The van der Waals surface area contributed by atoms with Crippen LogP contribution >= 0.6 is 0 Å². The van der Waals surface area contributed by atoms with E-state index in [0.29, 0.717) is 28.0 Å². The van der Waals surface area contributed by atoms with Gasteiger partial charge in [0.25, 0.3) is 5.91 Å². The monoisotopic (exact) mass is 457 g/mol. The average Bonchev–Trinajstić information content (AvgIpc) is 3.13. The summed E-state index contributed by atoms with van der Waals surface area (Å²) >= 11 is 0. The second-order valence-electron chi connectivity index (χ2n) is 8.32. The highest BCUT2D eigenvalue weighted by atomic mass is 16.5. The SMILES string of the molecule is COc1cccc(N2C(=O)c3oc4cc(C)c(C)cc4c(=O)c3C2c2ccc(O)c(OC)c2)c1. The molecule has 0 fully saturated rings. The van der Waals surface area contributed by atoms with Gasteiger partial charge in [-0.3, -0.25) is 14.5 Å². The number of benzene rings is 3. The van der Waals surface area contributed by atoms with Crippen LogP contribution in [0.2, 0.25) is 0 Å². The minimum atomic E-state index is -0.786. The van der Waals surface area contributed by atoms with E-state index in [0.717, 1.165) is 11.1 Å². The Balaban J connectivity index is 1.83. The van der Waals surface area contributed by atoms with Crippen molar-refractivity contribution in [3.8, 4) is 17.2 Å². The van der Waals surface area contributed by atoms with E-state index in [4.69, 9.17) is 13.9 Å². The molecule has 2 heterocycles. The maximum absolute atomic E-state index is 13.8. The molecule has 0 bridgehead atoms. The Hall–Kier alpha value is -4.26. The van der Waals surface area contributed by atoms with Crippen LogP contribution in [0.15, 0.2) is 63.8 Å². The summed E-state index contributed by atoms with van der Waals surface area (Å²) in [5.74, 6) is 0.332. The zero-order valence-corrected chi connectivity index (χ0v) is 19.2. The van der Waals surface area contributed by atoms with Gasteiger partial charge in [-0.15, -0.1) is 0 Å². The number of fused-ring (bicyclic) bond motifs is 2. The highest BCUT2D eigenvalue weighted by Gasteiger charge is 2.44. The van der Waals surface area contributed by atoms with Gasteiger partial charge in [-0.05, 0) is 66.9 Å². The van der Waals surface area contributed by atoms with Crippen molar-refractivity contribution in [3.05, 3.63) is 92.8 Å². The van der Waals surface area contributed by atoms with Crippen LogP contribution in [0, 0.1) is 13.8 Å². The molecule has 0 saturated carbocycles. The van der Waals surface area contributed by atoms with E-state index in [9.17, 15) is 14.7 Å². The predicted octanol–water partition coefficient (Wildman–Crippen LogP) is 4.88. The van der Waals surface area contributed by atoms with E-state index >= 15 is 0 Å². The van der Waals surface area contributed by atoms with Gasteiger partial charge in [-0.25, -0.2) is 0 Å². The summed E-state index contributed by atoms with van der Waals surface area (Å²) in [7, 11) is 2.99. The van der Waals surface area contributed by atoms with Crippen LogP contribution in [0.25, 0.3) is 11.0 Å². The number of aromatic hydroxyl groups is 1. The molecule has 1 unspecified atom stereocenters. The van der Waals surface area contributed by atoms with Crippen LogP contribution in [-0.4, -0.2) is 25.2 Å². The number of hydrogen-bond acceptors (Lipinski definition) is 6. The molecule has 1 amide bonds. The molecule has 4 aromatic rings. The number of ether oxygens (including phenoxy) is 2. The van der Waals surface area contributed by atoms with Crippen LogP contribution in [0.3, 0.4) is 0 Å². The molecule has 0 spiro atoms. The molecule has 5 rings (SSSR count). The van der Waals surface area contributed by atoms with Crippen molar-refractivity contribution in [2.75, 3.05) is 19.1 Å². The average molecular weight is 457 g/mol. The van der Waals surface area contributed by atoms with Gasteiger partial charge in [0.05, 0.1) is 31.2 Å². The Labute approximate surface area is 195 Å². The number of methoxy groups -OCH3 is 2. The maximum Gasteiger partial charge on any atom is 0.295 e. The van der Waals surface area contributed by atoms with Crippen LogP contribution in [0.4, 0.5) is 5.69 Å². The van der Waals surface area contributed by atoms with Gasteiger partial charge >= 0.3 is 0 Å². The Morgan fingerprint density at radius 2 is 1.71 bits per heavy atom. The predicted molar refractivity (Wildman–Crippen MR) is 128 cm³/mol. The molecule has 3 aromatic carbocycles. The van der Waals surface area contributed by atoms with Crippen LogP contribution in [0.5, 0.6) is 17.2 Å². The summed E-state index contributed by atoms with van der Waals surface area (Å²) in [4.78, 5) is 29.0. The summed E-state index contributed by atoms with van der Waals surface area (Å²) in [6.45, 7) is 3.86. The number of amides is 1. The Morgan fingerprint density at radius 3 is 2.44 bits per heavy atom. The molecule has 1 atom stereocenters. The lowest BCUT2D eigenvalue weighted by Crippen LogP contribution is -2.29. The van der Waals surface area contributed by atoms with Crippen LogP contribution in [-0.2, 0) is 0 Å². The number of nitrogens with zero attached hydrogens (tertiary/aromatic N) is 1. The first-order valence-electron chi connectivity index (χ1n) is 10.8. The van der Waals surface area contributed by atoms with E-state index in [2.05, 4.69) is 0 Å². The molecular formula is C27H23NO6. The summed E-state index contributed by atoms with van der Waals surface area (Å²) < 4.78 is 16.7. The van der Waals surface area contributed by atoms with Gasteiger partial charge in [0.2, 0.25) is 5.76 Å². The first kappa shape index (κ1) is 21.6. The first-order valence-corrected chi connectivity index (χ1v) is 10.8. The van der Waals surface area contributed by atoms with Gasteiger partial charge in [0, 0.05) is 11.8 Å². The smallest absolute Gasteiger partial charge is 0.295 e. The largest absolute Gasteiger partial charge is 0.504 e. The summed E-state index contributed by atoms with van der Waals surface area (Å²) in [6, 6.07) is 14.6. The number of carbonyl (C=O) groups is 1. The number of hydrogen-bond donors (Lipinski definition) is 1. The lowest BCUT2D eigenvalue weighted by molar-refractivity contribution is 0.0971. The zero-order chi connectivity index (χ0) is 24.1. The molecule has 172 valence electrons. The molecule has 1 aromatic heterocycles. The Morgan fingerprint density at radius 1 is 0.941 bits per heavy atom. The van der Waals surface area contributed by atoms with E-state index in [1.54, 1.807) is 55.6 Å². The molecule has 1 aliphatic rings. The highest BCUT2D eigenvalue weighted by Crippen LogP contribution is 2.43. The zero-order valence-electron chi connectivity index (χ0n) is 19.2. The first-order chi connectivity index (χ1) is 16.3. The number of carbonyl (C=O) groups excluding carboxylic acids is 1. The number of anilines is 1. The molecule has 7 heteroatoms. The minimum Gasteiger partial charge on any atom is -0.504 e. The Kier molecular flexibility index (Phi) is 5.05. The van der Waals surface area contributed by atoms with Crippen molar-refractivity contribution in [3.63, 3.8) is 0 Å². The summed E-state index contributed by atoms with van der Waals surface area (Å²) in [6.07, 6.45) is 0. The molecule has 1 aliphatic heterocycles. The highest BCUT2D eigenvalue weighted by molar-refractivity contribution is 6.10. The lowest BCUT2D eigenvalue weighted by Gasteiger charge is -2.26. The van der Waals surface area contributed by atoms with Gasteiger partial charge in [0.15, 0.2) is 16.9 Å². The number of phenols is 1. The lowest BCUT2D eigenvalue weighted by atomic mass is 9.97. The summed E-state index contributed by atoms with van der Waals surface area (Å²) in [5.41, 5.74) is 3.41. The third-order valence-electron chi connectivity index (χ3n) is 6.34. The fourth-order valence-electron chi connectivity index (χ4n) is 4.43. The third-order valence-corrected chi connectivity index (χ3v) is 6.34. The second kappa shape index (κ2) is 7.95. The topological polar surface area (TPSA) is 89.2 Å². The summed E-state index contributed by atoms with van der Waals surface area (Å²) in [5, 5.41) is 10.5. The molecule has 0 radical (unpaired) electrons. The number of phenolic OH excluding ortho intramolecular Hbond substituents is 1. The van der Waals surface area contributed by atoms with Gasteiger partial charge in [0.1, 0.15) is 11.3 Å².